The maximum Gasteiger partial charge on any atom is 0.318 e. The predicted octanol–water partition coefficient (Wildman–Crippen LogP) is 6.80. The fraction of sp³-hybridized carbons (Fsp3) is 0.312. The molecule has 5 aromatic rings. The third kappa shape index (κ3) is 5.73. The van der Waals surface area contributed by atoms with E-state index < -0.39 is 17.6 Å². The van der Waals surface area contributed by atoms with Crippen LogP contribution in [0.4, 0.5) is 34.2 Å². The number of ether oxygens (including phenoxy) is 2. The van der Waals surface area contributed by atoms with E-state index in [9.17, 15) is 18.4 Å². The van der Waals surface area contributed by atoms with Crippen molar-refractivity contribution >= 4 is 60.6 Å². The van der Waals surface area contributed by atoms with Crippen LogP contribution in [0, 0.1) is 23.0 Å². The van der Waals surface area contributed by atoms with Crippen molar-refractivity contribution in [2.75, 3.05) is 56.8 Å². The van der Waals surface area contributed by atoms with Crippen molar-refractivity contribution in [3.05, 3.63) is 58.2 Å². The Balaban J connectivity index is 0.000000441. The fourth-order valence-corrected chi connectivity index (χ4v) is 7.29. The summed E-state index contributed by atoms with van der Waals surface area (Å²) < 4.78 is 67.3. The van der Waals surface area contributed by atoms with Crippen molar-refractivity contribution in [3.63, 3.8) is 0 Å². The Kier molecular flexibility index (Phi) is 8.84. The smallest absolute Gasteiger partial charge is 0.318 e. The van der Waals surface area contributed by atoms with Gasteiger partial charge < -0.3 is 30.7 Å². The summed E-state index contributed by atoms with van der Waals surface area (Å²) in [6.07, 6.45) is 1.63. The summed E-state index contributed by atoms with van der Waals surface area (Å²) in [5.74, 6) is -2.98. The molecule has 16 heteroatoms. The molecule has 2 aliphatic rings. The number of fused-ring (bicyclic) bond motifs is 1. The second-order valence-electron chi connectivity index (χ2n) is 11.4. The van der Waals surface area contributed by atoms with E-state index in [0.717, 1.165) is 16.9 Å². The Hall–Kier alpha value is -4.65. The van der Waals surface area contributed by atoms with Crippen LogP contribution in [0.25, 0.3) is 32.1 Å². The van der Waals surface area contributed by atoms with Crippen LogP contribution in [0.3, 0.4) is 0 Å². The number of nitrogens with two attached hydrogens (primary N) is 2. The molecule has 1 saturated heterocycles. The van der Waals surface area contributed by atoms with Gasteiger partial charge in [0.25, 0.3) is 5.92 Å². The van der Waals surface area contributed by atoms with Gasteiger partial charge in [-0.3, -0.25) is 0 Å². The van der Waals surface area contributed by atoms with Crippen LogP contribution in [0.5, 0.6) is 11.8 Å². The van der Waals surface area contributed by atoms with Gasteiger partial charge in [0.15, 0.2) is 11.6 Å². The zero-order valence-electron chi connectivity index (χ0n) is 26.0. The molecule has 0 saturated carbocycles. The third-order valence-corrected chi connectivity index (χ3v) is 9.71. The number of methoxy groups -OCH3 is 1. The van der Waals surface area contributed by atoms with Crippen molar-refractivity contribution in [2.45, 2.75) is 25.3 Å². The highest BCUT2D eigenvalue weighted by Gasteiger charge is 2.36. The lowest BCUT2D eigenvalue weighted by atomic mass is 9.96. The molecule has 1 unspecified atom stereocenters. The van der Waals surface area contributed by atoms with E-state index in [1.807, 2.05) is 24.0 Å². The van der Waals surface area contributed by atoms with Crippen LogP contribution >= 0.6 is 22.9 Å². The number of anilines is 3. The summed E-state index contributed by atoms with van der Waals surface area (Å²) in [6, 6.07) is 7.76. The van der Waals surface area contributed by atoms with Gasteiger partial charge in [-0.2, -0.15) is 15.2 Å². The van der Waals surface area contributed by atoms with Crippen LogP contribution in [0.2, 0.25) is 5.02 Å². The molecule has 48 heavy (non-hydrogen) atoms. The molecule has 10 nitrogen and oxygen atoms in total. The molecule has 2 aromatic carbocycles. The first-order valence-corrected chi connectivity index (χ1v) is 15.9. The number of thiophene rings is 1. The van der Waals surface area contributed by atoms with E-state index in [1.165, 1.54) is 19.2 Å². The number of nitrogen functional groups attached to an aromatic ring is 2. The van der Waals surface area contributed by atoms with E-state index in [0.29, 0.717) is 24.7 Å². The topological polar surface area (TPSA) is 139 Å². The summed E-state index contributed by atoms with van der Waals surface area (Å²) >= 11 is 7.79. The van der Waals surface area contributed by atoms with E-state index >= 15 is 4.39 Å². The highest BCUT2D eigenvalue weighted by molar-refractivity contribution is 7.23. The number of likely N-dealkylation sites (tertiary alicyclic amines) is 1. The molecule has 0 aliphatic carbocycles. The Bertz CT molecular complexity index is 2110. The lowest BCUT2D eigenvalue weighted by Crippen LogP contribution is -2.31. The number of hydrogen-bond acceptors (Lipinski definition) is 11. The van der Waals surface area contributed by atoms with Gasteiger partial charge in [0.05, 0.1) is 46.9 Å². The van der Waals surface area contributed by atoms with Crippen molar-refractivity contribution < 1.29 is 27.0 Å². The Morgan fingerprint density at radius 3 is 2.56 bits per heavy atom. The second kappa shape index (κ2) is 12.8. The van der Waals surface area contributed by atoms with Crippen molar-refractivity contribution in [3.8, 4) is 29.0 Å². The molecule has 5 heterocycles. The highest BCUT2D eigenvalue weighted by Crippen LogP contribution is 2.51. The highest BCUT2D eigenvalue weighted by atomic mass is 35.5. The molecule has 1 atom stereocenters. The normalized spacial score (nSPS) is 16.2. The van der Waals surface area contributed by atoms with Gasteiger partial charge in [0.1, 0.15) is 40.6 Å². The first-order valence-electron chi connectivity index (χ1n) is 14.7. The van der Waals surface area contributed by atoms with E-state index in [-0.39, 0.29) is 85.1 Å². The van der Waals surface area contributed by atoms with Crippen LogP contribution in [-0.4, -0.2) is 66.2 Å². The molecule has 0 spiro atoms. The molecule has 250 valence electrons. The van der Waals surface area contributed by atoms with Crippen LogP contribution in [0.1, 0.15) is 30.5 Å². The van der Waals surface area contributed by atoms with Gasteiger partial charge in [0.2, 0.25) is 0 Å². The standard InChI is InChI=1S/C27H20ClF2N7O2S.C5H9F2N/c1-11(12-4-3-7-34-24(12)32)37-8-9-39-22-18-21(35-27(38-2)36-26(18)37)20(30)17(19(22)28)13-5-6-15(29)23-16(13)14(10-31)25(33)40-23;1-8-3-2-5(6,7)4-8/h3-7,11H,8-9,33H2,1-2H3,(H2,32,34);2-4H2,1H3. The lowest BCUT2D eigenvalue weighted by molar-refractivity contribution is 0.0146. The number of hydrogen-bond donors (Lipinski definition) is 2. The Labute approximate surface area is 281 Å². The average molecular weight is 701 g/mol. The van der Waals surface area contributed by atoms with E-state index in [4.69, 9.17) is 32.5 Å². The number of halogens is 5. The van der Waals surface area contributed by atoms with Crippen molar-refractivity contribution in [1.82, 2.24) is 19.9 Å². The molecule has 4 N–H and O–H groups in total. The molecule has 2 aliphatic heterocycles. The summed E-state index contributed by atoms with van der Waals surface area (Å²) in [7, 11) is 3.08. The number of aromatic nitrogens is 3. The zero-order valence-corrected chi connectivity index (χ0v) is 27.5. The first kappa shape index (κ1) is 33.3. The van der Waals surface area contributed by atoms with Gasteiger partial charge in [-0.1, -0.05) is 23.7 Å². The Morgan fingerprint density at radius 2 is 1.94 bits per heavy atom. The van der Waals surface area contributed by atoms with Crippen LogP contribution in [0.15, 0.2) is 30.5 Å². The van der Waals surface area contributed by atoms with Gasteiger partial charge in [-0.05, 0) is 31.7 Å². The minimum atomic E-state index is -2.41. The van der Waals surface area contributed by atoms with E-state index in [2.05, 4.69) is 15.0 Å². The summed E-state index contributed by atoms with van der Waals surface area (Å²) in [5.41, 5.74) is 12.9. The minimum Gasteiger partial charge on any atom is -0.489 e. The molecule has 3 aromatic heterocycles. The number of rotatable bonds is 4. The second-order valence-corrected chi connectivity index (χ2v) is 12.8. The molecular formula is C32H29ClF4N8O2S. The number of benzene rings is 2. The number of pyridine rings is 1. The molecule has 0 bridgehead atoms. The minimum absolute atomic E-state index is 0.0312. The maximum atomic E-state index is 16.6. The Morgan fingerprint density at radius 1 is 1.17 bits per heavy atom. The van der Waals surface area contributed by atoms with Crippen molar-refractivity contribution in [2.24, 2.45) is 0 Å². The van der Waals surface area contributed by atoms with Gasteiger partial charge in [-0.15, -0.1) is 11.3 Å². The molecule has 0 radical (unpaired) electrons. The average Bonchev–Trinajstić information content (AvgIpc) is 3.49. The summed E-state index contributed by atoms with van der Waals surface area (Å²) in [4.78, 5) is 16.6. The molecule has 1 fully saturated rings. The molecule has 0 amide bonds. The largest absolute Gasteiger partial charge is 0.489 e. The number of alkyl halides is 2. The zero-order chi connectivity index (χ0) is 34.5. The summed E-state index contributed by atoms with van der Waals surface area (Å²) in [5, 5.41) is 10.2. The SMILES string of the molecule is CN1CCC(F)(F)C1.COc1nc2c3c(c(Cl)c(-c4ccc(F)c5sc(N)c(C#N)c45)c(F)c3n1)OCCN2C(C)c1cccnc1N. The quantitative estimate of drug-likeness (QED) is 0.193. The van der Waals surface area contributed by atoms with Crippen molar-refractivity contribution in [1.29, 1.82) is 5.26 Å². The van der Waals surface area contributed by atoms with Crippen LogP contribution in [-0.2, 0) is 0 Å². The number of nitriles is 1. The lowest BCUT2D eigenvalue weighted by Gasteiger charge is -2.30. The van der Waals surface area contributed by atoms with Gasteiger partial charge in [0, 0.05) is 35.7 Å². The van der Waals surface area contributed by atoms with E-state index in [1.54, 1.807) is 24.2 Å². The van der Waals surface area contributed by atoms with Gasteiger partial charge >= 0.3 is 6.01 Å². The van der Waals surface area contributed by atoms with Gasteiger partial charge in [-0.25, -0.2) is 22.5 Å². The predicted molar refractivity (Wildman–Crippen MR) is 178 cm³/mol. The number of nitrogens with zero attached hydrogens (tertiary/aromatic N) is 6. The monoisotopic (exact) mass is 700 g/mol. The molecule has 7 rings (SSSR count). The molecular weight excluding hydrogens is 672 g/mol. The van der Waals surface area contributed by atoms with Crippen LogP contribution < -0.4 is 25.8 Å². The summed E-state index contributed by atoms with van der Waals surface area (Å²) in [6.45, 7) is 2.90. The third-order valence-electron chi connectivity index (χ3n) is 8.32. The fourth-order valence-electron chi connectivity index (χ4n) is 6.00. The first-order chi connectivity index (χ1) is 22.9. The maximum absolute atomic E-state index is 16.6.